The predicted octanol–water partition coefficient (Wildman–Crippen LogP) is 3.00. The predicted molar refractivity (Wildman–Crippen MR) is 70.6 cm³/mol. The molecule has 21 heavy (non-hydrogen) atoms. The number of nitrogens with one attached hydrogen (secondary N) is 1. The summed E-state index contributed by atoms with van der Waals surface area (Å²) in [6.45, 7) is 0. The fourth-order valence-corrected chi connectivity index (χ4v) is 1.97. The van der Waals surface area contributed by atoms with Crippen LogP contribution in [0.1, 0.15) is 5.82 Å². The molecule has 0 aliphatic rings. The monoisotopic (exact) mass is 291 g/mol. The Morgan fingerprint density at radius 2 is 1.90 bits per heavy atom. The lowest BCUT2D eigenvalue weighted by atomic mass is 10.1. The molecule has 2 heterocycles. The number of aromatic amines is 1. The van der Waals surface area contributed by atoms with Gasteiger partial charge in [-0.25, -0.2) is 4.98 Å². The number of nitrogens with zero attached hydrogens (tertiary/aromatic N) is 2. The number of benzene rings is 1. The van der Waals surface area contributed by atoms with E-state index in [0.29, 0.717) is 11.1 Å². The van der Waals surface area contributed by atoms with Crippen LogP contribution < -0.4 is 5.56 Å². The van der Waals surface area contributed by atoms with E-state index in [1.54, 1.807) is 41.5 Å². The van der Waals surface area contributed by atoms with E-state index >= 15 is 0 Å². The van der Waals surface area contributed by atoms with Gasteiger partial charge in [-0.1, -0.05) is 12.1 Å². The van der Waals surface area contributed by atoms with Gasteiger partial charge in [-0.15, -0.1) is 0 Å². The van der Waals surface area contributed by atoms with Crippen LogP contribution >= 0.6 is 0 Å². The third-order valence-electron chi connectivity index (χ3n) is 2.91. The van der Waals surface area contributed by atoms with Crippen molar-refractivity contribution in [1.29, 1.82) is 0 Å². The number of aromatic nitrogens is 3. The molecule has 0 radical (unpaired) electrons. The minimum absolute atomic E-state index is 0.0307. The average molecular weight is 291 g/mol. The summed E-state index contributed by atoms with van der Waals surface area (Å²) >= 11 is 0. The van der Waals surface area contributed by atoms with Crippen molar-refractivity contribution >= 4 is 10.9 Å². The van der Waals surface area contributed by atoms with Crippen LogP contribution in [-0.4, -0.2) is 15.0 Å². The smallest absolute Gasteiger partial charge is 0.303 e. The van der Waals surface area contributed by atoms with Crippen LogP contribution in [0.2, 0.25) is 0 Å². The molecular weight excluding hydrogens is 283 g/mol. The summed E-state index contributed by atoms with van der Waals surface area (Å²) < 4.78 is 38.0. The van der Waals surface area contributed by atoms with E-state index in [1.165, 1.54) is 0 Å². The van der Waals surface area contributed by atoms with E-state index in [1.807, 2.05) is 0 Å². The van der Waals surface area contributed by atoms with Gasteiger partial charge in [0.1, 0.15) is 0 Å². The van der Waals surface area contributed by atoms with Crippen molar-refractivity contribution in [2.24, 2.45) is 0 Å². The maximum Gasteiger partial charge on any atom is 0.449 e. The van der Waals surface area contributed by atoms with Gasteiger partial charge in [0, 0.05) is 23.2 Å². The molecule has 0 bridgehead atoms. The van der Waals surface area contributed by atoms with E-state index in [-0.39, 0.29) is 5.69 Å². The fraction of sp³-hybridized carbons (Fsp3) is 0.0714. The van der Waals surface area contributed by atoms with Crippen LogP contribution in [0.25, 0.3) is 22.2 Å². The molecule has 1 aromatic carbocycles. The van der Waals surface area contributed by atoms with Crippen molar-refractivity contribution in [3.05, 3.63) is 58.8 Å². The molecule has 2 aromatic heterocycles. The Kier molecular flexibility index (Phi) is 2.97. The van der Waals surface area contributed by atoms with E-state index < -0.39 is 17.6 Å². The van der Waals surface area contributed by atoms with E-state index in [2.05, 4.69) is 9.97 Å². The summed E-state index contributed by atoms with van der Waals surface area (Å²) in [7, 11) is 0. The Labute approximate surface area is 116 Å². The topological polar surface area (TPSA) is 58.6 Å². The van der Waals surface area contributed by atoms with Crippen LogP contribution in [-0.2, 0) is 6.18 Å². The van der Waals surface area contributed by atoms with Gasteiger partial charge in [0.2, 0.25) is 5.82 Å². The molecule has 0 amide bonds. The molecule has 0 atom stereocenters. The molecular formula is C14H8F3N3O. The highest BCUT2D eigenvalue weighted by Crippen LogP contribution is 2.27. The molecule has 0 saturated carbocycles. The molecule has 0 unspecified atom stereocenters. The summed E-state index contributed by atoms with van der Waals surface area (Å²) in [5.74, 6) is -1.31. The first-order valence-electron chi connectivity index (χ1n) is 5.97. The minimum Gasteiger partial charge on any atom is -0.303 e. The molecule has 0 aliphatic carbocycles. The highest BCUT2D eigenvalue weighted by molar-refractivity contribution is 5.83. The second kappa shape index (κ2) is 4.69. The molecule has 4 nitrogen and oxygen atoms in total. The number of pyridine rings is 1. The van der Waals surface area contributed by atoms with Crippen LogP contribution in [0, 0.1) is 0 Å². The first-order valence-corrected chi connectivity index (χ1v) is 5.97. The zero-order chi connectivity index (χ0) is 15.0. The first kappa shape index (κ1) is 13.3. The van der Waals surface area contributed by atoms with Gasteiger partial charge in [0.05, 0.1) is 11.2 Å². The Morgan fingerprint density at radius 1 is 1.10 bits per heavy atom. The Morgan fingerprint density at radius 3 is 2.67 bits per heavy atom. The summed E-state index contributed by atoms with van der Waals surface area (Å²) in [4.78, 5) is 20.7. The van der Waals surface area contributed by atoms with Crippen molar-refractivity contribution in [1.82, 2.24) is 15.0 Å². The lowest BCUT2D eigenvalue weighted by molar-refractivity contribution is -0.145. The largest absolute Gasteiger partial charge is 0.449 e. The van der Waals surface area contributed by atoms with Crippen LogP contribution in [0.3, 0.4) is 0 Å². The highest BCUT2D eigenvalue weighted by Gasteiger charge is 2.34. The second-order valence-corrected chi connectivity index (χ2v) is 4.39. The molecule has 0 saturated heterocycles. The third-order valence-corrected chi connectivity index (χ3v) is 2.91. The normalized spacial score (nSPS) is 11.8. The quantitative estimate of drug-likeness (QED) is 0.749. The lowest BCUT2D eigenvalue weighted by Crippen LogP contribution is -2.18. The van der Waals surface area contributed by atoms with Gasteiger partial charge in [0.25, 0.3) is 5.56 Å². The second-order valence-electron chi connectivity index (χ2n) is 4.39. The molecule has 1 N–H and O–H groups in total. The van der Waals surface area contributed by atoms with Gasteiger partial charge in [-0.05, 0) is 18.2 Å². The average Bonchev–Trinajstić information content (AvgIpc) is 2.45. The molecule has 3 aromatic rings. The maximum absolute atomic E-state index is 12.7. The summed E-state index contributed by atoms with van der Waals surface area (Å²) in [5, 5.41) is 0.755. The number of halogens is 3. The number of fused-ring (bicyclic) bond motifs is 1. The zero-order valence-electron chi connectivity index (χ0n) is 10.5. The number of rotatable bonds is 1. The number of H-pyrrole nitrogens is 1. The maximum atomic E-state index is 12.7. The van der Waals surface area contributed by atoms with E-state index in [0.717, 1.165) is 11.5 Å². The SMILES string of the molecule is O=c1cc(-c2ccc3ncccc3c2)nc(C(F)(F)F)[nH]1. The van der Waals surface area contributed by atoms with E-state index in [4.69, 9.17) is 0 Å². The van der Waals surface area contributed by atoms with Crippen LogP contribution in [0.5, 0.6) is 0 Å². The molecule has 3 rings (SSSR count). The summed E-state index contributed by atoms with van der Waals surface area (Å²) in [6.07, 6.45) is -3.08. The van der Waals surface area contributed by atoms with Crippen molar-refractivity contribution in [3.8, 4) is 11.3 Å². The van der Waals surface area contributed by atoms with Gasteiger partial charge in [0.15, 0.2) is 0 Å². The van der Waals surface area contributed by atoms with Crippen LogP contribution in [0.15, 0.2) is 47.4 Å². The van der Waals surface area contributed by atoms with Gasteiger partial charge in [-0.2, -0.15) is 13.2 Å². The minimum atomic E-state index is -4.70. The summed E-state index contributed by atoms with van der Waals surface area (Å²) in [6, 6.07) is 9.43. The Hall–Kier alpha value is -2.70. The molecule has 0 spiro atoms. The fourth-order valence-electron chi connectivity index (χ4n) is 1.97. The van der Waals surface area contributed by atoms with Crippen LogP contribution in [0.4, 0.5) is 13.2 Å². The number of hydrogen-bond acceptors (Lipinski definition) is 3. The molecule has 0 aliphatic heterocycles. The lowest BCUT2D eigenvalue weighted by Gasteiger charge is -2.08. The van der Waals surface area contributed by atoms with Crippen molar-refractivity contribution in [2.45, 2.75) is 6.18 Å². The standard InChI is InChI=1S/C14H8F3N3O/c15-14(16,17)13-19-11(7-12(21)20-13)9-3-4-10-8(6-9)2-1-5-18-10/h1-7H,(H,19,20,21). The third kappa shape index (κ3) is 2.62. The van der Waals surface area contributed by atoms with Crippen molar-refractivity contribution in [2.75, 3.05) is 0 Å². The number of hydrogen-bond donors (Lipinski definition) is 1. The van der Waals surface area contributed by atoms with Gasteiger partial charge in [-0.3, -0.25) is 9.78 Å². The highest BCUT2D eigenvalue weighted by atomic mass is 19.4. The summed E-state index contributed by atoms with van der Waals surface area (Å²) in [5.41, 5.74) is 0.254. The van der Waals surface area contributed by atoms with Crippen molar-refractivity contribution < 1.29 is 13.2 Å². The molecule has 7 heteroatoms. The Bertz CT molecular complexity index is 871. The molecule has 0 fully saturated rings. The molecule has 106 valence electrons. The van der Waals surface area contributed by atoms with Crippen molar-refractivity contribution in [3.63, 3.8) is 0 Å². The van der Waals surface area contributed by atoms with Gasteiger partial charge >= 0.3 is 6.18 Å². The number of alkyl halides is 3. The first-order chi connectivity index (χ1) is 9.93. The van der Waals surface area contributed by atoms with Gasteiger partial charge < -0.3 is 4.98 Å². The zero-order valence-corrected chi connectivity index (χ0v) is 10.5. The van der Waals surface area contributed by atoms with E-state index in [9.17, 15) is 18.0 Å². The Balaban J connectivity index is 2.18.